The van der Waals surface area contributed by atoms with E-state index in [1.54, 1.807) is 20.8 Å². The Kier molecular flexibility index (Phi) is 5.09. The molecule has 1 saturated heterocycles. The summed E-state index contributed by atoms with van der Waals surface area (Å²) in [6, 6.07) is -0.212. The normalized spacial score (nSPS) is 25.8. The molecule has 1 unspecified atom stereocenters. The molecule has 1 aliphatic heterocycles. The fourth-order valence-electron chi connectivity index (χ4n) is 2.66. The highest BCUT2D eigenvalue weighted by molar-refractivity contribution is 5.85. The van der Waals surface area contributed by atoms with Crippen LogP contribution in [0.4, 0.5) is 13.6 Å². The summed E-state index contributed by atoms with van der Waals surface area (Å²) in [5.74, 6) is -5.32. The predicted molar refractivity (Wildman–Crippen MR) is 82.7 cm³/mol. The Balaban J connectivity index is 2.01. The first-order valence-electron chi connectivity index (χ1n) is 8.34. The van der Waals surface area contributed by atoms with Gasteiger partial charge in [0.05, 0.1) is 0 Å². The Labute approximate surface area is 140 Å². The first-order chi connectivity index (χ1) is 10.9. The minimum atomic E-state index is -3.89. The SMILES string of the molecule is CC(C)(C)OC(=O)N1CCCC(O)(C(F)(F)C(=O)NC2CC2)CC1. The fourth-order valence-corrected chi connectivity index (χ4v) is 2.66. The van der Waals surface area contributed by atoms with Crippen molar-refractivity contribution in [2.24, 2.45) is 0 Å². The zero-order valence-corrected chi connectivity index (χ0v) is 14.4. The molecule has 0 spiro atoms. The molecule has 0 aromatic rings. The number of alkyl halides is 2. The summed E-state index contributed by atoms with van der Waals surface area (Å²) in [4.78, 5) is 25.2. The molecule has 24 heavy (non-hydrogen) atoms. The Morgan fingerprint density at radius 1 is 1.21 bits per heavy atom. The van der Waals surface area contributed by atoms with Gasteiger partial charge in [0.15, 0.2) is 0 Å². The van der Waals surface area contributed by atoms with Gasteiger partial charge < -0.3 is 20.1 Å². The molecular formula is C16H26F2N2O4. The number of nitrogens with one attached hydrogen (secondary N) is 1. The molecule has 2 amide bonds. The van der Waals surface area contributed by atoms with E-state index < -0.39 is 29.1 Å². The molecule has 0 bridgehead atoms. The van der Waals surface area contributed by atoms with Crippen LogP contribution >= 0.6 is 0 Å². The maximum absolute atomic E-state index is 14.5. The van der Waals surface area contributed by atoms with E-state index in [0.717, 1.165) is 0 Å². The minimum Gasteiger partial charge on any atom is -0.444 e. The summed E-state index contributed by atoms with van der Waals surface area (Å²) in [7, 11) is 0. The number of aliphatic hydroxyl groups is 1. The summed E-state index contributed by atoms with van der Waals surface area (Å²) >= 11 is 0. The highest BCUT2D eigenvalue weighted by Crippen LogP contribution is 2.38. The van der Waals surface area contributed by atoms with Crippen LogP contribution in [0.25, 0.3) is 0 Å². The summed E-state index contributed by atoms with van der Waals surface area (Å²) in [6.07, 6.45) is 0.313. The van der Waals surface area contributed by atoms with Crippen LogP contribution in [-0.2, 0) is 9.53 Å². The molecule has 138 valence electrons. The lowest BCUT2D eigenvalue weighted by Crippen LogP contribution is -2.58. The highest BCUT2D eigenvalue weighted by atomic mass is 19.3. The molecule has 2 aliphatic rings. The molecule has 0 aromatic heterocycles. The van der Waals surface area contributed by atoms with E-state index in [4.69, 9.17) is 4.74 Å². The van der Waals surface area contributed by atoms with Gasteiger partial charge in [-0.3, -0.25) is 4.79 Å². The third-order valence-corrected chi connectivity index (χ3v) is 4.25. The maximum Gasteiger partial charge on any atom is 0.410 e. The van der Waals surface area contributed by atoms with Gasteiger partial charge in [-0.1, -0.05) is 0 Å². The van der Waals surface area contributed by atoms with Gasteiger partial charge in [-0.15, -0.1) is 0 Å². The minimum absolute atomic E-state index is 0.0856. The van der Waals surface area contributed by atoms with Crippen LogP contribution in [0.5, 0.6) is 0 Å². The predicted octanol–water partition coefficient (Wildman–Crippen LogP) is 2.05. The Bertz CT molecular complexity index is 503. The second kappa shape index (κ2) is 6.46. The number of nitrogens with zero attached hydrogens (tertiary/aromatic N) is 1. The molecule has 2 rings (SSSR count). The first-order valence-corrected chi connectivity index (χ1v) is 8.34. The smallest absolute Gasteiger partial charge is 0.410 e. The fraction of sp³-hybridized carbons (Fsp3) is 0.875. The molecule has 2 fully saturated rings. The number of halogens is 2. The van der Waals surface area contributed by atoms with E-state index in [1.807, 2.05) is 0 Å². The third-order valence-electron chi connectivity index (χ3n) is 4.25. The van der Waals surface area contributed by atoms with E-state index in [1.165, 1.54) is 4.90 Å². The standard InChI is InChI=1S/C16H26F2N2O4/c1-14(2,3)24-13(22)20-9-4-7-15(23,8-10-20)16(17,18)12(21)19-11-5-6-11/h11,23H,4-10H2,1-3H3,(H,19,21). The van der Waals surface area contributed by atoms with Crippen molar-refractivity contribution >= 4 is 12.0 Å². The number of carbonyl (C=O) groups excluding carboxylic acids is 2. The average molecular weight is 348 g/mol. The van der Waals surface area contributed by atoms with Crippen molar-refractivity contribution in [3.8, 4) is 0 Å². The number of ether oxygens (including phenoxy) is 1. The lowest BCUT2D eigenvalue weighted by Gasteiger charge is -2.34. The van der Waals surface area contributed by atoms with Crippen molar-refractivity contribution in [2.45, 2.75) is 76.0 Å². The molecule has 1 atom stereocenters. The average Bonchev–Trinajstić information content (AvgIpc) is 3.24. The molecule has 8 heteroatoms. The highest BCUT2D eigenvalue weighted by Gasteiger charge is 2.59. The zero-order chi connectivity index (χ0) is 18.2. The van der Waals surface area contributed by atoms with Gasteiger partial charge in [0, 0.05) is 25.6 Å². The van der Waals surface area contributed by atoms with Gasteiger partial charge in [-0.25, -0.2) is 4.79 Å². The van der Waals surface area contributed by atoms with Crippen molar-refractivity contribution in [2.75, 3.05) is 13.1 Å². The van der Waals surface area contributed by atoms with Crippen LogP contribution < -0.4 is 5.32 Å². The second-order valence-corrected chi connectivity index (χ2v) is 7.67. The topological polar surface area (TPSA) is 78.9 Å². The molecule has 0 aromatic carbocycles. The van der Waals surface area contributed by atoms with Gasteiger partial charge in [-0.05, 0) is 46.5 Å². The van der Waals surface area contributed by atoms with Gasteiger partial charge in [-0.2, -0.15) is 8.78 Å². The lowest BCUT2D eigenvalue weighted by atomic mass is 9.87. The Hall–Kier alpha value is -1.44. The Morgan fingerprint density at radius 2 is 1.83 bits per heavy atom. The van der Waals surface area contributed by atoms with Crippen LogP contribution in [0, 0.1) is 0 Å². The van der Waals surface area contributed by atoms with Crippen LogP contribution in [0.3, 0.4) is 0 Å². The third kappa shape index (κ3) is 4.34. The molecular weight excluding hydrogens is 322 g/mol. The number of hydrogen-bond donors (Lipinski definition) is 2. The molecule has 2 N–H and O–H groups in total. The van der Waals surface area contributed by atoms with Crippen molar-refractivity contribution in [3.05, 3.63) is 0 Å². The quantitative estimate of drug-likeness (QED) is 0.818. The van der Waals surface area contributed by atoms with Gasteiger partial charge in [0.1, 0.15) is 11.2 Å². The molecule has 1 heterocycles. The number of hydrogen-bond acceptors (Lipinski definition) is 4. The summed E-state index contributed by atoms with van der Waals surface area (Å²) in [5.41, 5.74) is -3.14. The number of amides is 2. The zero-order valence-electron chi connectivity index (χ0n) is 14.4. The van der Waals surface area contributed by atoms with Gasteiger partial charge >= 0.3 is 12.0 Å². The largest absolute Gasteiger partial charge is 0.444 e. The van der Waals surface area contributed by atoms with Crippen molar-refractivity contribution < 1.29 is 28.2 Å². The van der Waals surface area contributed by atoms with Gasteiger partial charge in [0.25, 0.3) is 5.91 Å². The summed E-state index contributed by atoms with van der Waals surface area (Å²) < 4.78 is 34.2. The summed E-state index contributed by atoms with van der Waals surface area (Å²) in [6.45, 7) is 5.27. The van der Waals surface area contributed by atoms with Crippen molar-refractivity contribution in [1.82, 2.24) is 10.2 Å². The van der Waals surface area contributed by atoms with E-state index in [9.17, 15) is 23.5 Å². The molecule has 0 radical (unpaired) electrons. The van der Waals surface area contributed by atoms with Crippen LogP contribution in [0.2, 0.25) is 0 Å². The number of rotatable bonds is 3. The van der Waals surface area contributed by atoms with E-state index >= 15 is 0 Å². The van der Waals surface area contributed by atoms with Crippen molar-refractivity contribution in [3.63, 3.8) is 0 Å². The molecule has 1 saturated carbocycles. The van der Waals surface area contributed by atoms with Crippen LogP contribution in [0.1, 0.15) is 52.9 Å². The van der Waals surface area contributed by atoms with Gasteiger partial charge in [0.2, 0.25) is 0 Å². The lowest BCUT2D eigenvalue weighted by molar-refractivity contribution is -0.196. The van der Waals surface area contributed by atoms with E-state index in [0.29, 0.717) is 12.8 Å². The number of carbonyl (C=O) groups is 2. The van der Waals surface area contributed by atoms with Crippen LogP contribution in [0.15, 0.2) is 0 Å². The maximum atomic E-state index is 14.5. The first kappa shape index (κ1) is 18.9. The van der Waals surface area contributed by atoms with Crippen LogP contribution in [-0.4, -0.2) is 58.3 Å². The monoisotopic (exact) mass is 348 g/mol. The van der Waals surface area contributed by atoms with Crippen molar-refractivity contribution in [1.29, 1.82) is 0 Å². The Morgan fingerprint density at radius 3 is 2.38 bits per heavy atom. The molecule has 1 aliphatic carbocycles. The molecule has 6 nitrogen and oxygen atoms in total. The summed E-state index contributed by atoms with van der Waals surface area (Å²) in [5, 5.41) is 12.7. The second-order valence-electron chi connectivity index (χ2n) is 7.67. The van der Waals surface area contributed by atoms with E-state index in [2.05, 4.69) is 5.32 Å². The van der Waals surface area contributed by atoms with E-state index in [-0.39, 0.29) is 38.4 Å². The number of likely N-dealkylation sites (tertiary alicyclic amines) is 1.